The minimum absolute atomic E-state index is 0.132. The van der Waals surface area contributed by atoms with Gasteiger partial charge < -0.3 is 16.0 Å². The second-order valence-corrected chi connectivity index (χ2v) is 3.96. The van der Waals surface area contributed by atoms with Crippen molar-refractivity contribution in [3.8, 4) is 0 Å². The number of rotatable bonds is 5. The third kappa shape index (κ3) is 3.64. The highest BCUT2D eigenvalue weighted by Crippen LogP contribution is 2.18. The molecule has 1 saturated heterocycles. The Morgan fingerprint density at radius 3 is 3.07 bits per heavy atom. The van der Waals surface area contributed by atoms with Gasteiger partial charge in [-0.2, -0.15) is 0 Å². The molecule has 1 heterocycles. The molecule has 1 amide bonds. The maximum atomic E-state index is 11.0. The molecule has 0 bridgehead atoms. The lowest BCUT2D eigenvalue weighted by molar-refractivity contribution is -0.120. The molecule has 14 heavy (non-hydrogen) atoms. The van der Waals surface area contributed by atoms with Gasteiger partial charge >= 0.3 is 0 Å². The molecule has 4 heteroatoms. The fourth-order valence-electron chi connectivity index (χ4n) is 1.97. The van der Waals surface area contributed by atoms with Gasteiger partial charge in [-0.1, -0.05) is 0 Å². The van der Waals surface area contributed by atoms with Crippen molar-refractivity contribution in [2.75, 3.05) is 33.2 Å². The van der Waals surface area contributed by atoms with Gasteiger partial charge in [0, 0.05) is 26.6 Å². The second kappa shape index (κ2) is 5.98. The number of carbonyl (C=O) groups is 1. The van der Waals surface area contributed by atoms with E-state index in [4.69, 9.17) is 5.73 Å². The molecule has 1 unspecified atom stereocenters. The molecule has 0 spiro atoms. The van der Waals surface area contributed by atoms with Crippen LogP contribution in [0.4, 0.5) is 0 Å². The van der Waals surface area contributed by atoms with Crippen molar-refractivity contribution in [1.82, 2.24) is 10.2 Å². The Balaban J connectivity index is 2.13. The van der Waals surface area contributed by atoms with E-state index in [9.17, 15) is 4.79 Å². The minimum atomic E-state index is 0.132. The quantitative estimate of drug-likeness (QED) is 0.644. The topological polar surface area (TPSA) is 58.4 Å². The monoisotopic (exact) mass is 199 g/mol. The van der Waals surface area contributed by atoms with Crippen LogP contribution in [0.25, 0.3) is 0 Å². The number of nitrogens with two attached hydrogens (primary N) is 1. The Kier molecular flexibility index (Phi) is 4.90. The average Bonchev–Trinajstić information content (AvgIpc) is 2.63. The Hall–Kier alpha value is -0.610. The smallest absolute Gasteiger partial charge is 0.221 e. The van der Waals surface area contributed by atoms with Crippen molar-refractivity contribution in [3.63, 3.8) is 0 Å². The number of nitrogens with one attached hydrogen (secondary N) is 1. The lowest BCUT2D eigenvalue weighted by atomic mass is 10.1. The highest BCUT2D eigenvalue weighted by molar-refractivity contribution is 5.75. The third-order valence-electron chi connectivity index (χ3n) is 2.88. The summed E-state index contributed by atoms with van der Waals surface area (Å²) in [7, 11) is 1.68. The Bertz CT molecular complexity index is 184. The van der Waals surface area contributed by atoms with Crippen molar-refractivity contribution >= 4 is 5.91 Å². The van der Waals surface area contributed by atoms with E-state index in [2.05, 4.69) is 10.2 Å². The first-order valence-corrected chi connectivity index (χ1v) is 5.39. The predicted octanol–water partition coefficient (Wildman–Crippen LogP) is -0.207. The summed E-state index contributed by atoms with van der Waals surface area (Å²) in [6.07, 6.45) is 2.98. The molecule has 1 fully saturated rings. The molecule has 0 aliphatic carbocycles. The summed E-state index contributed by atoms with van der Waals surface area (Å²) in [5.74, 6) is 0.886. The van der Waals surface area contributed by atoms with Gasteiger partial charge in [-0.3, -0.25) is 4.79 Å². The van der Waals surface area contributed by atoms with Crippen LogP contribution in [-0.4, -0.2) is 44.0 Å². The first-order valence-electron chi connectivity index (χ1n) is 5.39. The molecule has 0 aromatic rings. The van der Waals surface area contributed by atoms with Crippen LogP contribution in [0.2, 0.25) is 0 Å². The minimum Gasteiger partial charge on any atom is -0.359 e. The van der Waals surface area contributed by atoms with E-state index in [0.29, 0.717) is 6.42 Å². The first-order chi connectivity index (χ1) is 6.76. The third-order valence-corrected chi connectivity index (χ3v) is 2.88. The highest BCUT2D eigenvalue weighted by atomic mass is 16.1. The van der Waals surface area contributed by atoms with Gasteiger partial charge in [-0.15, -0.1) is 0 Å². The molecule has 0 aromatic heterocycles. The standard InChI is InChI=1S/C10H21N3O/c1-12-10(14)4-7-13-6-3-9(8-13)2-5-11/h9H,2-8,11H2,1H3,(H,12,14). The van der Waals surface area contributed by atoms with Gasteiger partial charge in [0.25, 0.3) is 0 Å². The summed E-state index contributed by atoms with van der Waals surface area (Å²) < 4.78 is 0. The van der Waals surface area contributed by atoms with Crippen LogP contribution in [-0.2, 0) is 4.79 Å². The number of hydrogen-bond acceptors (Lipinski definition) is 3. The molecule has 3 N–H and O–H groups in total. The molecular formula is C10H21N3O. The maximum Gasteiger partial charge on any atom is 0.221 e. The lowest BCUT2D eigenvalue weighted by Crippen LogP contribution is -2.28. The van der Waals surface area contributed by atoms with Crippen LogP contribution in [0.3, 0.4) is 0 Å². The van der Waals surface area contributed by atoms with E-state index in [0.717, 1.165) is 38.5 Å². The molecule has 0 saturated carbocycles. The highest BCUT2D eigenvalue weighted by Gasteiger charge is 2.21. The molecule has 1 rings (SSSR count). The van der Waals surface area contributed by atoms with Crippen LogP contribution < -0.4 is 11.1 Å². The van der Waals surface area contributed by atoms with Gasteiger partial charge in [0.1, 0.15) is 0 Å². The Morgan fingerprint density at radius 2 is 2.43 bits per heavy atom. The second-order valence-electron chi connectivity index (χ2n) is 3.96. The summed E-state index contributed by atoms with van der Waals surface area (Å²) in [4.78, 5) is 13.4. The molecule has 0 aromatic carbocycles. The van der Waals surface area contributed by atoms with Gasteiger partial charge in [0.2, 0.25) is 5.91 Å². The number of hydrogen-bond donors (Lipinski definition) is 2. The van der Waals surface area contributed by atoms with Crippen molar-refractivity contribution in [1.29, 1.82) is 0 Å². The van der Waals surface area contributed by atoms with Crippen molar-refractivity contribution in [2.45, 2.75) is 19.3 Å². The molecule has 82 valence electrons. The van der Waals surface area contributed by atoms with Crippen molar-refractivity contribution in [3.05, 3.63) is 0 Å². The number of amides is 1. The average molecular weight is 199 g/mol. The molecule has 4 nitrogen and oxygen atoms in total. The number of carbonyl (C=O) groups excluding carboxylic acids is 1. The van der Waals surface area contributed by atoms with Crippen LogP contribution in [0, 0.1) is 5.92 Å². The molecular weight excluding hydrogens is 178 g/mol. The van der Waals surface area contributed by atoms with Gasteiger partial charge in [-0.05, 0) is 31.8 Å². The van der Waals surface area contributed by atoms with Gasteiger partial charge in [0.05, 0.1) is 0 Å². The van der Waals surface area contributed by atoms with E-state index in [1.54, 1.807) is 7.05 Å². The van der Waals surface area contributed by atoms with E-state index in [-0.39, 0.29) is 5.91 Å². The normalized spacial score (nSPS) is 22.6. The zero-order chi connectivity index (χ0) is 10.4. The van der Waals surface area contributed by atoms with Gasteiger partial charge in [-0.25, -0.2) is 0 Å². The summed E-state index contributed by atoms with van der Waals surface area (Å²) in [6.45, 7) is 3.92. The SMILES string of the molecule is CNC(=O)CCN1CCC(CCN)C1. The van der Waals surface area contributed by atoms with E-state index < -0.39 is 0 Å². The first kappa shape index (κ1) is 11.5. The summed E-state index contributed by atoms with van der Waals surface area (Å²) in [6, 6.07) is 0. The van der Waals surface area contributed by atoms with Crippen molar-refractivity contribution in [2.24, 2.45) is 11.7 Å². The zero-order valence-electron chi connectivity index (χ0n) is 8.96. The van der Waals surface area contributed by atoms with E-state index >= 15 is 0 Å². The number of nitrogens with zero attached hydrogens (tertiary/aromatic N) is 1. The Labute approximate surface area is 85.8 Å². The van der Waals surface area contributed by atoms with Crippen LogP contribution in [0.1, 0.15) is 19.3 Å². The molecule has 1 aliphatic rings. The molecule has 1 atom stereocenters. The lowest BCUT2D eigenvalue weighted by Gasteiger charge is -2.14. The largest absolute Gasteiger partial charge is 0.359 e. The van der Waals surface area contributed by atoms with Crippen molar-refractivity contribution < 1.29 is 4.79 Å². The fourth-order valence-corrected chi connectivity index (χ4v) is 1.97. The summed E-state index contributed by atoms with van der Waals surface area (Å²) in [5.41, 5.74) is 5.51. The molecule has 0 radical (unpaired) electrons. The maximum absolute atomic E-state index is 11.0. The Morgan fingerprint density at radius 1 is 1.64 bits per heavy atom. The van der Waals surface area contributed by atoms with E-state index in [1.807, 2.05) is 0 Å². The molecule has 1 aliphatic heterocycles. The zero-order valence-corrected chi connectivity index (χ0v) is 8.96. The summed E-state index contributed by atoms with van der Waals surface area (Å²) in [5, 5.41) is 2.64. The van der Waals surface area contributed by atoms with Crippen LogP contribution >= 0.6 is 0 Å². The fraction of sp³-hybridized carbons (Fsp3) is 0.900. The summed E-state index contributed by atoms with van der Waals surface area (Å²) >= 11 is 0. The van der Waals surface area contributed by atoms with Gasteiger partial charge in [0.15, 0.2) is 0 Å². The predicted molar refractivity (Wildman–Crippen MR) is 56.9 cm³/mol. The van der Waals surface area contributed by atoms with E-state index in [1.165, 1.54) is 6.42 Å². The van der Waals surface area contributed by atoms with Crippen LogP contribution in [0.15, 0.2) is 0 Å². The van der Waals surface area contributed by atoms with Crippen LogP contribution in [0.5, 0.6) is 0 Å². The number of likely N-dealkylation sites (tertiary alicyclic amines) is 1.